The summed E-state index contributed by atoms with van der Waals surface area (Å²) in [6.45, 7) is 6.91. The maximum Gasteiger partial charge on any atom is 0.159 e. The standard InChI is InChI=1S/C29H46N2/c1-4-5-6-7-8-12-15-20-27-21-16-17-22-28(27)29-30-23-26(24-31-29)19-14-11-9-10-13-18-25(2)3/h16-17,21-25H,4-15,18-20H2,1-3H3. The molecular formula is C29H46N2. The van der Waals surface area contributed by atoms with Crippen molar-refractivity contribution in [1.82, 2.24) is 9.97 Å². The van der Waals surface area contributed by atoms with Crippen molar-refractivity contribution in [3.05, 3.63) is 47.8 Å². The second-order valence-corrected chi connectivity index (χ2v) is 9.64. The van der Waals surface area contributed by atoms with Gasteiger partial charge in [-0.2, -0.15) is 0 Å². The highest BCUT2D eigenvalue weighted by Gasteiger charge is 2.07. The number of aryl methyl sites for hydroxylation is 2. The number of rotatable bonds is 17. The van der Waals surface area contributed by atoms with Crippen LogP contribution >= 0.6 is 0 Å². The first-order valence-electron chi connectivity index (χ1n) is 13.1. The normalized spacial score (nSPS) is 11.4. The smallest absolute Gasteiger partial charge is 0.159 e. The Bertz CT molecular complexity index is 690. The Balaban J connectivity index is 1.74. The Morgan fingerprint density at radius 3 is 1.94 bits per heavy atom. The molecule has 1 aromatic heterocycles. The van der Waals surface area contributed by atoms with Gasteiger partial charge in [0.25, 0.3) is 0 Å². The van der Waals surface area contributed by atoms with Crippen molar-refractivity contribution in [2.75, 3.05) is 0 Å². The SMILES string of the molecule is CCCCCCCCCc1ccccc1-c1ncc(CCCCCCCC(C)C)cn1. The second-order valence-electron chi connectivity index (χ2n) is 9.64. The van der Waals surface area contributed by atoms with Crippen LogP contribution in [0.25, 0.3) is 11.4 Å². The van der Waals surface area contributed by atoms with Gasteiger partial charge in [0.05, 0.1) is 0 Å². The van der Waals surface area contributed by atoms with Crippen LogP contribution in [-0.4, -0.2) is 9.97 Å². The highest BCUT2D eigenvalue weighted by Crippen LogP contribution is 2.22. The third-order valence-corrected chi connectivity index (χ3v) is 6.26. The largest absolute Gasteiger partial charge is 0.236 e. The van der Waals surface area contributed by atoms with E-state index < -0.39 is 0 Å². The Morgan fingerprint density at radius 1 is 0.677 bits per heavy atom. The summed E-state index contributed by atoms with van der Waals surface area (Å²) in [5.41, 5.74) is 3.88. The molecule has 0 fully saturated rings. The molecule has 0 radical (unpaired) electrons. The highest BCUT2D eigenvalue weighted by atomic mass is 14.9. The molecule has 2 heteroatoms. The van der Waals surface area contributed by atoms with E-state index >= 15 is 0 Å². The molecule has 0 aliphatic heterocycles. The quantitative estimate of drug-likeness (QED) is 0.238. The number of benzene rings is 1. The van der Waals surface area contributed by atoms with Crippen molar-refractivity contribution in [2.45, 2.75) is 117 Å². The Morgan fingerprint density at radius 2 is 1.26 bits per heavy atom. The topological polar surface area (TPSA) is 25.8 Å². The lowest BCUT2D eigenvalue weighted by Gasteiger charge is -2.09. The van der Waals surface area contributed by atoms with Crippen molar-refractivity contribution < 1.29 is 0 Å². The Labute approximate surface area is 192 Å². The predicted octanol–water partition coefficient (Wildman–Crippen LogP) is 8.98. The van der Waals surface area contributed by atoms with E-state index in [-0.39, 0.29) is 0 Å². The van der Waals surface area contributed by atoms with Gasteiger partial charge in [0, 0.05) is 18.0 Å². The molecule has 0 amide bonds. The minimum absolute atomic E-state index is 0.844. The number of aromatic nitrogens is 2. The molecule has 0 saturated carbocycles. The van der Waals surface area contributed by atoms with Crippen molar-refractivity contribution in [3.8, 4) is 11.4 Å². The Hall–Kier alpha value is -1.70. The lowest BCUT2D eigenvalue weighted by molar-refractivity contribution is 0.515. The molecule has 0 N–H and O–H groups in total. The van der Waals surface area contributed by atoms with E-state index in [0.29, 0.717) is 0 Å². The summed E-state index contributed by atoms with van der Waals surface area (Å²) in [6.07, 6.45) is 23.8. The number of hydrogen-bond acceptors (Lipinski definition) is 2. The van der Waals surface area contributed by atoms with Crippen molar-refractivity contribution in [2.24, 2.45) is 5.92 Å². The van der Waals surface area contributed by atoms with E-state index in [9.17, 15) is 0 Å². The van der Waals surface area contributed by atoms with E-state index in [1.165, 1.54) is 100 Å². The molecule has 2 aromatic rings. The first-order valence-corrected chi connectivity index (χ1v) is 13.1. The summed E-state index contributed by atoms with van der Waals surface area (Å²) in [4.78, 5) is 9.45. The first kappa shape index (κ1) is 25.6. The summed E-state index contributed by atoms with van der Waals surface area (Å²) in [5, 5.41) is 0. The molecule has 0 aliphatic rings. The third-order valence-electron chi connectivity index (χ3n) is 6.26. The summed E-state index contributed by atoms with van der Waals surface area (Å²) >= 11 is 0. The average molecular weight is 423 g/mol. The molecule has 0 saturated heterocycles. The van der Waals surface area contributed by atoms with Crippen molar-refractivity contribution >= 4 is 0 Å². The molecule has 0 atom stereocenters. The maximum absolute atomic E-state index is 4.72. The molecule has 0 bridgehead atoms. The lowest BCUT2D eigenvalue weighted by Crippen LogP contribution is -1.97. The van der Waals surface area contributed by atoms with Crippen LogP contribution in [0.1, 0.15) is 115 Å². The van der Waals surface area contributed by atoms with Gasteiger partial charge in [-0.1, -0.05) is 116 Å². The monoisotopic (exact) mass is 422 g/mol. The zero-order valence-corrected chi connectivity index (χ0v) is 20.5. The third kappa shape index (κ3) is 10.9. The fourth-order valence-electron chi connectivity index (χ4n) is 4.26. The molecule has 0 aliphatic carbocycles. The van der Waals surface area contributed by atoms with Gasteiger partial charge in [-0.25, -0.2) is 9.97 Å². The van der Waals surface area contributed by atoms with E-state index in [0.717, 1.165) is 24.6 Å². The number of nitrogens with zero attached hydrogens (tertiary/aromatic N) is 2. The van der Waals surface area contributed by atoms with Gasteiger partial charge in [-0.3, -0.25) is 0 Å². The predicted molar refractivity (Wildman–Crippen MR) is 135 cm³/mol. The van der Waals surface area contributed by atoms with Gasteiger partial charge in [0.2, 0.25) is 0 Å². The van der Waals surface area contributed by atoms with Crippen LogP contribution in [0.4, 0.5) is 0 Å². The van der Waals surface area contributed by atoms with Crippen molar-refractivity contribution in [1.29, 1.82) is 0 Å². The number of hydrogen-bond donors (Lipinski definition) is 0. The highest BCUT2D eigenvalue weighted by molar-refractivity contribution is 5.59. The van der Waals surface area contributed by atoms with Crippen LogP contribution in [0, 0.1) is 5.92 Å². The molecular weight excluding hydrogens is 376 g/mol. The van der Waals surface area contributed by atoms with Crippen LogP contribution in [0.2, 0.25) is 0 Å². The minimum atomic E-state index is 0.844. The molecule has 31 heavy (non-hydrogen) atoms. The van der Waals surface area contributed by atoms with Crippen LogP contribution in [0.15, 0.2) is 36.7 Å². The fourth-order valence-corrected chi connectivity index (χ4v) is 4.26. The zero-order chi connectivity index (χ0) is 22.2. The summed E-state index contributed by atoms with van der Waals surface area (Å²) in [5.74, 6) is 1.73. The molecule has 1 heterocycles. The van der Waals surface area contributed by atoms with Gasteiger partial charge < -0.3 is 0 Å². The van der Waals surface area contributed by atoms with Gasteiger partial charge >= 0.3 is 0 Å². The zero-order valence-electron chi connectivity index (χ0n) is 20.5. The van der Waals surface area contributed by atoms with E-state index in [2.05, 4.69) is 45.0 Å². The van der Waals surface area contributed by atoms with Gasteiger partial charge in [-0.05, 0) is 42.7 Å². The van der Waals surface area contributed by atoms with E-state index in [4.69, 9.17) is 9.97 Å². The summed E-state index contributed by atoms with van der Waals surface area (Å²) in [7, 11) is 0. The van der Waals surface area contributed by atoms with Crippen LogP contribution in [-0.2, 0) is 12.8 Å². The van der Waals surface area contributed by atoms with Gasteiger partial charge in [-0.15, -0.1) is 0 Å². The minimum Gasteiger partial charge on any atom is -0.236 e. The van der Waals surface area contributed by atoms with Gasteiger partial charge in [0.15, 0.2) is 5.82 Å². The fraction of sp³-hybridized carbons (Fsp3) is 0.655. The molecule has 172 valence electrons. The summed E-state index contributed by atoms with van der Waals surface area (Å²) < 4.78 is 0. The molecule has 2 nitrogen and oxygen atoms in total. The molecule has 2 rings (SSSR count). The maximum atomic E-state index is 4.72. The van der Waals surface area contributed by atoms with E-state index in [1.807, 2.05) is 12.4 Å². The van der Waals surface area contributed by atoms with Crippen LogP contribution in [0.3, 0.4) is 0 Å². The summed E-state index contributed by atoms with van der Waals surface area (Å²) in [6, 6.07) is 8.70. The average Bonchev–Trinajstić information content (AvgIpc) is 2.78. The first-order chi connectivity index (χ1) is 15.2. The van der Waals surface area contributed by atoms with Crippen LogP contribution in [0.5, 0.6) is 0 Å². The van der Waals surface area contributed by atoms with E-state index in [1.54, 1.807) is 0 Å². The van der Waals surface area contributed by atoms with Gasteiger partial charge in [0.1, 0.15) is 0 Å². The second kappa shape index (κ2) is 16.0. The number of unbranched alkanes of at least 4 members (excludes halogenated alkanes) is 10. The molecule has 0 unspecified atom stereocenters. The lowest BCUT2D eigenvalue weighted by atomic mass is 9.99. The molecule has 1 aromatic carbocycles. The Kier molecular flexibility index (Phi) is 13.2. The van der Waals surface area contributed by atoms with Crippen LogP contribution < -0.4 is 0 Å². The van der Waals surface area contributed by atoms with Crippen molar-refractivity contribution in [3.63, 3.8) is 0 Å². The molecule has 0 spiro atoms.